The van der Waals surface area contributed by atoms with Crippen molar-refractivity contribution in [3.05, 3.63) is 44.4 Å². The van der Waals surface area contributed by atoms with Crippen molar-refractivity contribution in [2.45, 2.75) is 13.1 Å². The highest BCUT2D eigenvalue weighted by molar-refractivity contribution is 9.11. The zero-order valence-electron chi connectivity index (χ0n) is 9.86. The fourth-order valence-corrected chi connectivity index (χ4v) is 2.87. The average molecular weight is 330 g/mol. The fourth-order valence-electron chi connectivity index (χ4n) is 1.67. The quantitative estimate of drug-likeness (QED) is 0.936. The summed E-state index contributed by atoms with van der Waals surface area (Å²) in [5.41, 5.74) is 7.09. The van der Waals surface area contributed by atoms with E-state index in [1.807, 2.05) is 18.5 Å². The van der Waals surface area contributed by atoms with E-state index in [1.165, 1.54) is 0 Å². The summed E-state index contributed by atoms with van der Waals surface area (Å²) < 4.78 is 15.1. The van der Waals surface area contributed by atoms with Gasteiger partial charge in [0.1, 0.15) is 0 Å². The second-order valence-electron chi connectivity index (χ2n) is 3.93. The van der Waals surface area contributed by atoms with Crippen LogP contribution >= 0.6 is 27.3 Å². The molecular weight excluding hydrogens is 317 g/mol. The number of nitrogens with two attached hydrogens (primary N) is 1. The first kappa shape index (κ1) is 13.5. The van der Waals surface area contributed by atoms with Crippen LogP contribution in [-0.2, 0) is 13.1 Å². The Labute approximate surface area is 118 Å². The SMILES string of the molecule is CN(Cc1csc(Br)c1)c1nccc(CN)c1F. The zero-order valence-corrected chi connectivity index (χ0v) is 12.3. The summed E-state index contributed by atoms with van der Waals surface area (Å²) in [6, 6.07) is 3.62. The summed E-state index contributed by atoms with van der Waals surface area (Å²) in [5, 5.41) is 2.03. The minimum atomic E-state index is -0.336. The lowest BCUT2D eigenvalue weighted by Crippen LogP contribution is -2.19. The molecule has 0 fully saturated rings. The molecule has 0 saturated heterocycles. The summed E-state index contributed by atoms with van der Waals surface area (Å²) in [6.07, 6.45) is 1.58. The summed E-state index contributed by atoms with van der Waals surface area (Å²) in [7, 11) is 1.82. The molecule has 0 atom stereocenters. The van der Waals surface area contributed by atoms with Gasteiger partial charge in [-0.15, -0.1) is 11.3 Å². The normalized spacial score (nSPS) is 10.7. The van der Waals surface area contributed by atoms with Crippen molar-refractivity contribution in [1.82, 2.24) is 4.98 Å². The number of hydrogen-bond acceptors (Lipinski definition) is 4. The minimum absolute atomic E-state index is 0.180. The van der Waals surface area contributed by atoms with E-state index in [2.05, 4.69) is 20.9 Å². The minimum Gasteiger partial charge on any atom is -0.353 e. The Hall–Kier alpha value is -0.980. The fraction of sp³-hybridized carbons (Fsp3) is 0.250. The van der Waals surface area contributed by atoms with Crippen molar-refractivity contribution < 1.29 is 4.39 Å². The molecule has 0 aromatic carbocycles. The van der Waals surface area contributed by atoms with Crippen molar-refractivity contribution in [2.75, 3.05) is 11.9 Å². The Bertz CT molecular complexity index is 544. The van der Waals surface area contributed by atoms with Gasteiger partial charge in [-0.2, -0.15) is 0 Å². The van der Waals surface area contributed by atoms with Crippen molar-refractivity contribution >= 4 is 33.1 Å². The number of thiophene rings is 1. The molecule has 0 spiro atoms. The van der Waals surface area contributed by atoms with Crippen molar-refractivity contribution in [3.63, 3.8) is 0 Å². The van der Waals surface area contributed by atoms with Gasteiger partial charge in [0.15, 0.2) is 11.6 Å². The van der Waals surface area contributed by atoms with E-state index in [-0.39, 0.29) is 12.4 Å². The molecule has 2 aromatic heterocycles. The van der Waals surface area contributed by atoms with Crippen LogP contribution in [0.4, 0.5) is 10.2 Å². The lowest BCUT2D eigenvalue weighted by atomic mass is 10.2. The van der Waals surface area contributed by atoms with Crippen LogP contribution in [0.3, 0.4) is 0 Å². The van der Waals surface area contributed by atoms with E-state index in [0.717, 1.165) is 9.35 Å². The summed E-state index contributed by atoms with van der Waals surface area (Å²) in [5.74, 6) is -0.00272. The smallest absolute Gasteiger partial charge is 0.170 e. The molecule has 0 radical (unpaired) electrons. The van der Waals surface area contributed by atoms with Crippen LogP contribution in [0.1, 0.15) is 11.1 Å². The Morgan fingerprint density at radius 1 is 1.56 bits per heavy atom. The Morgan fingerprint density at radius 3 is 2.94 bits per heavy atom. The molecule has 2 rings (SSSR count). The maximum absolute atomic E-state index is 14.0. The number of hydrogen-bond donors (Lipinski definition) is 1. The molecular formula is C12H13BrFN3S. The molecule has 0 amide bonds. The molecule has 2 aromatic rings. The van der Waals surface area contributed by atoms with Gasteiger partial charge in [-0.1, -0.05) is 0 Å². The van der Waals surface area contributed by atoms with Crippen LogP contribution in [0.5, 0.6) is 0 Å². The van der Waals surface area contributed by atoms with E-state index < -0.39 is 0 Å². The van der Waals surface area contributed by atoms with Gasteiger partial charge >= 0.3 is 0 Å². The lowest BCUT2D eigenvalue weighted by Gasteiger charge is -2.18. The molecule has 18 heavy (non-hydrogen) atoms. The Balaban J connectivity index is 2.21. The van der Waals surface area contributed by atoms with E-state index in [1.54, 1.807) is 28.5 Å². The lowest BCUT2D eigenvalue weighted by molar-refractivity contribution is 0.598. The highest BCUT2D eigenvalue weighted by Gasteiger charge is 2.13. The van der Waals surface area contributed by atoms with E-state index in [9.17, 15) is 4.39 Å². The van der Waals surface area contributed by atoms with Gasteiger partial charge in [0.25, 0.3) is 0 Å². The molecule has 0 aliphatic carbocycles. The van der Waals surface area contributed by atoms with Crippen molar-refractivity contribution in [2.24, 2.45) is 5.73 Å². The van der Waals surface area contributed by atoms with Crippen LogP contribution in [0, 0.1) is 5.82 Å². The van der Waals surface area contributed by atoms with Crippen LogP contribution in [-0.4, -0.2) is 12.0 Å². The molecule has 96 valence electrons. The predicted molar refractivity (Wildman–Crippen MR) is 76.2 cm³/mol. The number of rotatable bonds is 4. The van der Waals surface area contributed by atoms with Gasteiger partial charge in [-0.3, -0.25) is 0 Å². The van der Waals surface area contributed by atoms with Crippen LogP contribution in [0.15, 0.2) is 27.5 Å². The summed E-state index contributed by atoms with van der Waals surface area (Å²) in [6.45, 7) is 0.791. The van der Waals surface area contributed by atoms with Crippen LogP contribution in [0.2, 0.25) is 0 Å². The maximum atomic E-state index is 14.0. The van der Waals surface area contributed by atoms with Gasteiger partial charge in [-0.25, -0.2) is 9.37 Å². The van der Waals surface area contributed by atoms with Gasteiger partial charge in [-0.05, 0) is 39.0 Å². The Kier molecular flexibility index (Phi) is 4.31. The maximum Gasteiger partial charge on any atom is 0.170 e. The van der Waals surface area contributed by atoms with E-state index in [4.69, 9.17) is 5.73 Å². The highest BCUT2D eigenvalue weighted by atomic mass is 79.9. The third kappa shape index (κ3) is 2.88. The second-order valence-corrected chi connectivity index (χ2v) is 6.22. The number of pyridine rings is 1. The second kappa shape index (κ2) is 5.77. The molecule has 2 N–H and O–H groups in total. The summed E-state index contributed by atoms with van der Waals surface area (Å²) in [4.78, 5) is 5.86. The predicted octanol–water partition coefficient (Wildman–Crippen LogP) is 3.14. The molecule has 0 bridgehead atoms. The zero-order chi connectivity index (χ0) is 13.1. The van der Waals surface area contributed by atoms with Gasteiger partial charge in [0.05, 0.1) is 3.79 Å². The third-order valence-electron chi connectivity index (χ3n) is 2.57. The average Bonchev–Trinajstić information content (AvgIpc) is 2.75. The number of halogens is 2. The van der Waals surface area contributed by atoms with Crippen molar-refractivity contribution in [1.29, 1.82) is 0 Å². The first-order valence-corrected chi connectivity index (χ1v) is 7.06. The molecule has 0 unspecified atom stereocenters. The molecule has 0 aliphatic rings. The third-order valence-corrected chi connectivity index (χ3v) is 4.13. The van der Waals surface area contributed by atoms with Crippen LogP contribution in [0.25, 0.3) is 0 Å². The summed E-state index contributed by atoms with van der Waals surface area (Å²) >= 11 is 5.02. The largest absolute Gasteiger partial charge is 0.353 e. The molecule has 0 saturated carbocycles. The van der Waals surface area contributed by atoms with Gasteiger partial charge in [0, 0.05) is 31.9 Å². The van der Waals surface area contributed by atoms with Crippen LogP contribution < -0.4 is 10.6 Å². The molecule has 6 heteroatoms. The van der Waals surface area contributed by atoms with E-state index >= 15 is 0 Å². The standard InChI is InChI=1S/C12H13BrFN3S/c1-17(6-8-4-10(13)18-7-8)12-11(14)9(5-15)2-3-16-12/h2-4,7H,5-6,15H2,1H3. The molecule has 0 aliphatic heterocycles. The number of aromatic nitrogens is 1. The van der Waals surface area contributed by atoms with Crippen molar-refractivity contribution in [3.8, 4) is 0 Å². The first-order chi connectivity index (χ1) is 8.61. The monoisotopic (exact) mass is 329 g/mol. The highest BCUT2D eigenvalue weighted by Crippen LogP contribution is 2.24. The van der Waals surface area contributed by atoms with Gasteiger partial charge in [0.2, 0.25) is 0 Å². The topological polar surface area (TPSA) is 42.2 Å². The number of nitrogens with zero attached hydrogens (tertiary/aromatic N) is 2. The van der Waals surface area contributed by atoms with Gasteiger partial charge < -0.3 is 10.6 Å². The molecule has 2 heterocycles. The molecule has 3 nitrogen and oxygen atoms in total. The van der Waals surface area contributed by atoms with E-state index in [0.29, 0.717) is 17.9 Å². The number of anilines is 1. The Morgan fingerprint density at radius 2 is 2.33 bits per heavy atom. The first-order valence-electron chi connectivity index (χ1n) is 5.39.